The van der Waals surface area contributed by atoms with E-state index in [9.17, 15) is 13.2 Å². The maximum absolute atomic E-state index is 11.9. The normalized spacial score (nSPS) is 19.0. The summed E-state index contributed by atoms with van der Waals surface area (Å²) in [5, 5.41) is 1.56. The number of hydrogen-bond acceptors (Lipinski definition) is 3. The summed E-state index contributed by atoms with van der Waals surface area (Å²) in [6.07, 6.45) is 0.690. The lowest BCUT2D eigenvalue weighted by molar-refractivity contribution is -0.127. The van der Waals surface area contributed by atoms with Crippen LogP contribution in [0.2, 0.25) is 0 Å². The Morgan fingerprint density at radius 1 is 1.14 bits per heavy atom. The first-order valence-electron chi connectivity index (χ1n) is 7.12. The number of rotatable bonds is 4. The van der Waals surface area contributed by atoms with Gasteiger partial charge in [0.05, 0.1) is 0 Å². The molecule has 0 spiro atoms. The van der Waals surface area contributed by atoms with Gasteiger partial charge >= 0.3 is 0 Å². The van der Waals surface area contributed by atoms with Gasteiger partial charge in [0.2, 0.25) is 15.0 Å². The first kappa shape index (κ1) is 15.3. The van der Waals surface area contributed by atoms with Gasteiger partial charge in [0.15, 0.2) is 0 Å². The molecule has 0 radical (unpaired) electrons. The van der Waals surface area contributed by atoms with E-state index in [-0.39, 0.29) is 18.9 Å². The van der Waals surface area contributed by atoms with E-state index >= 15 is 0 Å². The minimum Gasteiger partial charge on any atom is -0.341 e. The van der Waals surface area contributed by atoms with E-state index < -0.39 is 14.3 Å². The molecule has 1 aliphatic rings. The van der Waals surface area contributed by atoms with Gasteiger partial charge in [0.1, 0.15) is 5.25 Å². The van der Waals surface area contributed by atoms with Crippen LogP contribution in [0.4, 0.5) is 0 Å². The lowest BCUT2D eigenvalue weighted by atomic mass is 10.1. The van der Waals surface area contributed by atoms with Crippen LogP contribution in [0.1, 0.15) is 12.0 Å². The Bertz CT molecular complexity index is 819. The van der Waals surface area contributed by atoms with Crippen molar-refractivity contribution in [1.29, 1.82) is 0 Å². The van der Waals surface area contributed by atoms with Crippen LogP contribution >= 0.6 is 10.7 Å². The van der Waals surface area contributed by atoms with Crippen molar-refractivity contribution in [2.24, 2.45) is 0 Å². The van der Waals surface area contributed by atoms with E-state index in [1.807, 2.05) is 18.2 Å². The van der Waals surface area contributed by atoms with Crippen molar-refractivity contribution in [3.05, 3.63) is 48.0 Å². The fourth-order valence-corrected chi connectivity index (χ4v) is 3.86. The molecular formula is C16H16ClNO3S. The highest BCUT2D eigenvalue weighted by atomic mass is 35.7. The summed E-state index contributed by atoms with van der Waals surface area (Å²) >= 11 is 0. The standard InChI is InChI=1S/C16H16ClNO3S/c17-22(20,21)15-10-16(19)18(11-15)8-7-12-5-6-13-3-1-2-4-14(13)9-12/h1-6,9,15H,7-8,10-11H2. The number of benzene rings is 2. The molecule has 22 heavy (non-hydrogen) atoms. The van der Waals surface area contributed by atoms with Crippen LogP contribution in [0.15, 0.2) is 42.5 Å². The molecule has 1 heterocycles. The fraction of sp³-hybridized carbons (Fsp3) is 0.312. The van der Waals surface area contributed by atoms with Crippen LogP contribution < -0.4 is 0 Å². The second-order valence-corrected chi connectivity index (χ2v) is 8.48. The lowest BCUT2D eigenvalue weighted by Gasteiger charge is -2.16. The number of carbonyl (C=O) groups is 1. The molecule has 2 aromatic carbocycles. The quantitative estimate of drug-likeness (QED) is 0.806. The molecule has 2 aromatic rings. The number of amides is 1. The van der Waals surface area contributed by atoms with Crippen molar-refractivity contribution >= 4 is 36.4 Å². The van der Waals surface area contributed by atoms with E-state index in [0.29, 0.717) is 13.0 Å². The second-order valence-electron chi connectivity index (χ2n) is 5.57. The average Bonchev–Trinajstić information content (AvgIpc) is 2.86. The molecular weight excluding hydrogens is 322 g/mol. The van der Waals surface area contributed by atoms with E-state index in [4.69, 9.17) is 10.7 Å². The number of hydrogen-bond donors (Lipinski definition) is 0. The minimum absolute atomic E-state index is 0.0104. The smallest absolute Gasteiger partial charge is 0.237 e. The summed E-state index contributed by atoms with van der Waals surface area (Å²) in [5.41, 5.74) is 1.13. The maximum Gasteiger partial charge on any atom is 0.237 e. The number of halogens is 1. The van der Waals surface area contributed by atoms with Crippen LogP contribution in [0.3, 0.4) is 0 Å². The highest BCUT2D eigenvalue weighted by molar-refractivity contribution is 8.14. The zero-order valence-electron chi connectivity index (χ0n) is 11.9. The molecule has 1 fully saturated rings. The number of likely N-dealkylation sites (tertiary alicyclic amines) is 1. The van der Waals surface area contributed by atoms with Crippen molar-refractivity contribution in [3.8, 4) is 0 Å². The molecule has 1 unspecified atom stereocenters. The minimum atomic E-state index is -3.67. The summed E-state index contributed by atoms with van der Waals surface area (Å²) in [4.78, 5) is 13.5. The van der Waals surface area contributed by atoms with Crippen LogP contribution in [-0.2, 0) is 20.3 Å². The van der Waals surface area contributed by atoms with Gasteiger partial charge in [-0.1, -0.05) is 42.5 Å². The summed E-state index contributed by atoms with van der Waals surface area (Å²) in [6, 6.07) is 14.3. The zero-order valence-corrected chi connectivity index (χ0v) is 13.5. The third-order valence-electron chi connectivity index (χ3n) is 4.06. The first-order valence-corrected chi connectivity index (χ1v) is 9.50. The molecule has 6 heteroatoms. The van der Waals surface area contributed by atoms with Gasteiger partial charge in [-0.15, -0.1) is 0 Å². The lowest BCUT2D eigenvalue weighted by Crippen LogP contribution is -2.29. The zero-order chi connectivity index (χ0) is 15.7. The molecule has 116 valence electrons. The van der Waals surface area contributed by atoms with Crippen LogP contribution in [0.5, 0.6) is 0 Å². The topological polar surface area (TPSA) is 54.5 Å². The van der Waals surface area contributed by atoms with Crippen molar-refractivity contribution in [2.45, 2.75) is 18.1 Å². The number of carbonyl (C=O) groups excluding carboxylic acids is 1. The van der Waals surface area contributed by atoms with Gasteiger partial charge in [-0.2, -0.15) is 0 Å². The van der Waals surface area contributed by atoms with Gasteiger partial charge < -0.3 is 4.90 Å². The molecule has 0 N–H and O–H groups in total. The summed E-state index contributed by atoms with van der Waals surface area (Å²) in [7, 11) is 1.68. The SMILES string of the molecule is O=C1CC(S(=O)(=O)Cl)CN1CCc1ccc2ccccc2c1. The third kappa shape index (κ3) is 3.25. The maximum atomic E-state index is 11.9. The molecule has 0 aliphatic carbocycles. The van der Waals surface area contributed by atoms with Crippen LogP contribution in [-0.4, -0.2) is 37.6 Å². The third-order valence-corrected chi connectivity index (χ3v) is 5.93. The van der Waals surface area contributed by atoms with E-state index in [0.717, 1.165) is 10.9 Å². The Morgan fingerprint density at radius 2 is 1.86 bits per heavy atom. The predicted octanol–water partition coefficient (Wildman–Crippen LogP) is 2.55. The summed E-state index contributed by atoms with van der Waals surface area (Å²) in [5.74, 6) is -0.144. The average molecular weight is 338 g/mol. The monoisotopic (exact) mass is 337 g/mol. The summed E-state index contributed by atoms with van der Waals surface area (Å²) < 4.78 is 22.7. The number of fused-ring (bicyclic) bond motifs is 1. The largest absolute Gasteiger partial charge is 0.341 e. The Balaban J connectivity index is 1.68. The van der Waals surface area contributed by atoms with Crippen molar-refractivity contribution in [2.75, 3.05) is 13.1 Å². The van der Waals surface area contributed by atoms with Crippen molar-refractivity contribution in [3.63, 3.8) is 0 Å². The molecule has 1 atom stereocenters. The Morgan fingerprint density at radius 3 is 2.55 bits per heavy atom. The first-order chi connectivity index (χ1) is 10.4. The van der Waals surface area contributed by atoms with Crippen molar-refractivity contribution < 1.29 is 13.2 Å². The molecule has 1 aliphatic heterocycles. The highest BCUT2D eigenvalue weighted by Crippen LogP contribution is 2.22. The molecule has 0 saturated carbocycles. The predicted molar refractivity (Wildman–Crippen MR) is 87.4 cm³/mol. The Hall–Kier alpha value is -1.59. The molecule has 1 amide bonds. The molecule has 4 nitrogen and oxygen atoms in total. The van der Waals surface area contributed by atoms with E-state index in [1.165, 1.54) is 5.39 Å². The molecule has 1 saturated heterocycles. The number of nitrogens with zero attached hydrogens (tertiary/aromatic N) is 1. The van der Waals surface area contributed by atoms with E-state index in [1.54, 1.807) is 4.90 Å². The fourth-order valence-electron chi connectivity index (χ4n) is 2.80. The van der Waals surface area contributed by atoms with Gasteiger partial charge in [-0.05, 0) is 22.8 Å². The van der Waals surface area contributed by atoms with Crippen LogP contribution in [0, 0.1) is 0 Å². The molecule has 0 aromatic heterocycles. The highest BCUT2D eigenvalue weighted by Gasteiger charge is 2.36. The Kier molecular flexibility index (Phi) is 4.10. The van der Waals surface area contributed by atoms with Crippen molar-refractivity contribution in [1.82, 2.24) is 4.90 Å². The van der Waals surface area contributed by atoms with Gasteiger partial charge in [0.25, 0.3) is 0 Å². The van der Waals surface area contributed by atoms with Gasteiger partial charge in [-0.3, -0.25) is 4.79 Å². The van der Waals surface area contributed by atoms with E-state index in [2.05, 4.69) is 24.3 Å². The van der Waals surface area contributed by atoms with Gasteiger partial charge in [0, 0.05) is 30.2 Å². The second kappa shape index (κ2) is 5.89. The van der Waals surface area contributed by atoms with Gasteiger partial charge in [-0.25, -0.2) is 8.42 Å². The molecule has 0 bridgehead atoms. The summed E-state index contributed by atoms with van der Waals surface area (Å²) in [6.45, 7) is 0.707. The molecule has 3 rings (SSSR count). The Labute approximate surface area is 134 Å². The van der Waals surface area contributed by atoms with Crippen LogP contribution in [0.25, 0.3) is 10.8 Å².